The molecule has 2 rings (SSSR count). The number of halogens is 3. The highest BCUT2D eigenvalue weighted by atomic mass is 79.9. The second-order valence-corrected chi connectivity index (χ2v) is 6.77. The molecule has 0 amide bonds. The number of hydrogen-bond acceptors (Lipinski definition) is 3. The Hall–Kier alpha value is 0.290. The highest BCUT2D eigenvalue weighted by molar-refractivity contribution is 9.24. The molecule has 0 saturated carbocycles. The van der Waals surface area contributed by atoms with Crippen LogP contribution in [0.25, 0.3) is 10.3 Å². The average molecular weight is 342 g/mol. The Bertz CT molecular complexity index is 443. The highest BCUT2D eigenvalue weighted by Crippen LogP contribution is 2.34. The van der Waals surface area contributed by atoms with Crippen LogP contribution in [0.4, 0.5) is 0 Å². The Morgan fingerprint density at radius 3 is 2.77 bits per heavy atom. The van der Waals surface area contributed by atoms with Crippen LogP contribution in [0.3, 0.4) is 0 Å². The van der Waals surface area contributed by atoms with Crippen molar-refractivity contribution in [1.29, 1.82) is 0 Å². The maximum Gasteiger partial charge on any atom is 0.145 e. The molecule has 0 radical (unpaired) electrons. The first-order valence-corrected chi connectivity index (χ1v) is 6.40. The maximum absolute atomic E-state index is 5.75. The summed E-state index contributed by atoms with van der Waals surface area (Å²) >= 11 is 14.0. The molecule has 0 aliphatic rings. The molecule has 0 aliphatic heterocycles. The van der Waals surface area contributed by atoms with Crippen LogP contribution in [0.1, 0.15) is 8.74 Å². The van der Waals surface area contributed by atoms with Gasteiger partial charge in [0, 0.05) is 0 Å². The fourth-order valence-corrected chi connectivity index (χ4v) is 2.66. The van der Waals surface area contributed by atoms with Crippen LogP contribution in [0.15, 0.2) is 12.1 Å². The highest BCUT2D eigenvalue weighted by Gasteiger charge is 2.10. The van der Waals surface area contributed by atoms with Crippen LogP contribution in [0.2, 0.25) is 5.15 Å². The van der Waals surface area contributed by atoms with E-state index in [4.69, 9.17) is 11.6 Å². The van der Waals surface area contributed by atoms with Gasteiger partial charge in [0.15, 0.2) is 0 Å². The molecule has 0 bridgehead atoms. The summed E-state index contributed by atoms with van der Waals surface area (Å²) in [4.78, 5) is 9.38. The van der Waals surface area contributed by atoms with E-state index in [2.05, 4.69) is 41.8 Å². The summed E-state index contributed by atoms with van der Waals surface area (Å²) in [5, 5.41) is 1.45. The molecule has 0 saturated heterocycles. The monoisotopic (exact) mass is 340 g/mol. The molecule has 0 aromatic carbocycles. The summed E-state index contributed by atoms with van der Waals surface area (Å²) in [7, 11) is 0. The SMILES string of the molecule is Clc1ccc2nc(C(Br)Br)sc2n1. The zero-order chi connectivity index (χ0) is 9.42. The summed E-state index contributed by atoms with van der Waals surface area (Å²) in [6.07, 6.45) is 0. The number of pyridine rings is 1. The Balaban J connectivity index is 2.62. The van der Waals surface area contributed by atoms with E-state index < -0.39 is 0 Å². The van der Waals surface area contributed by atoms with Gasteiger partial charge in [-0.25, -0.2) is 9.97 Å². The van der Waals surface area contributed by atoms with E-state index in [-0.39, 0.29) is 3.74 Å². The second kappa shape index (κ2) is 3.81. The summed E-state index contributed by atoms with van der Waals surface area (Å²) < 4.78 is 0.0815. The standard InChI is InChI=1S/C7H3Br2ClN2S/c8-5(9)7-11-3-1-2-4(10)12-6(3)13-7/h1-2,5H. The number of thiazole rings is 1. The lowest BCUT2D eigenvalue weighted by Crippen LogP contribution is -1.76. The van der Waals surface area contributed by atoms with Crippen molar-refractivity contribution in [3.63, 3.8) is 0 Å². The van der Waals surface area contributed by atoms with E-state index >= 15 is 0 Å². The molecule has 0 spiro atoms. The lowest BCUT2D eigenvalue weighted by molar-refractivity contribution is 1.31. The quantitative estimate of drug-likeness (QED) is 0.575. The van der Waals surface area contributed by atoms with Gasteiger partial charge in [-0.1, -0.05) is 54.8 Å². The summed E-state index contributed by atoms with van der Waals surface area (Å²) in [6.45, 7) is 0. The molecule has 6 heteroatoms. The van der Waals surface area contributed by atoms with Crippen molar-refractivity contribution in [1.82, 2.24) is 9.97 Å². The van der Waals surface area contributed by atoms with Gasteiger partial charge in [-0.3, -0.25) is 0 Å². The van der Waals surface area contributed by atoms with Crippen molar-refractivity contribution in [2.45, 2.75) is 3.74 Å². The van der Waals surface area contributed by atoms with Gasteiger partial charge in [-0.15, -0.1) is 0 Å². The van der Waals surface area contributed by atoms with Crippen LogP contribution < -0.4 is 0 Å². The third-order valence-electron chi connectivity index (χ3n) is 1.42. The van der Waals surface area contributed by atoms with Crippen molar-refractivity contribution in [2.24, 2.45) is 0 Å². The van der Waals surface area contributed by atoms with Crippen molar-refractivity contribution in [3.8, 4) is 0 Å². The molecule has 2 nitrogen and oxygen atoms in total. The third kappa shape index (κ3) is 2.03. The lowest BCUT2D eigenvalue weighted by Gasteiger charge is -1.89. The lowest BCUT2D eigenvalue weighted by atomic mass is 10.5. The van der Waals surface area contributed by atoms with E-state index in [0.717, 1.165) is 15.4 Å². The van der Waals surface area contributed by atoms with Crippen molar-refractivity contribution in [3.05, 3.63) is 22.3 Å². The zero-order valence-corrected chi connectivity index (χ0v) is 10.9. The Kier molecular flexibility index (Phi) is 2.88. The summed E-state index contributed by atoms with van der Waals surface area (Å²) in [5.41, 5.74) is 0.883. The van der Waals surface area contributed by atoms with Gasteiger partial charge in [0.25, 0.3) is 0 Å². The van der Waals surface area contributed by atoms with Gasteiger partial charge in [0.1, 0.15) is 24.2 Å². The number of alkyl halides is 2. The molecule has 2 heterocycles. The molecule has 2 aromatic heterocycles. The molecular formula is C7H3Br2ClN2S. The average Bonchev–Trinajstić information content (AvgIpc) is 2.46. The Morgan fingerprint density at radius 1 is 1.31 bits per heavy atom. The summed E-state index contributed by atoms with van der Waals surface area (Å²) in [6, 6.07) is 3.61. The van der Waals surface area contributed by atoms with E-state index in [1.165, 1.54) is 11.3 Å². The van der Waals surface area contributed by atoms with Gasteiger partial charge < -0.3 is 0 Å². The molecular weight excluding hydrogens is 339 g/mol. The zero-order valence-electron chi connectivity index (χ0n) is 6.17. The first-order chi connectivity index (χ1) is 6.16. The van der Waals surface area contributed by atoms with Crippen LogP contribution in [-0.4, -0.2) is 9.97 Å². The minimum atomic E-state index is 0.0815. The Morgan fingerprint density at radius 2 is 2.08 bits per heavy atom. The molecule has 2 aromatic rings. The fraction of sp³-hybridized carbons (Fsp3) is 0.143. The smallest absolute Gasteiger partial charge is 0.145 e. The largest absolute Gasteiger partial charge is 0.237 e. The van der Waals surface area contributed by atoms with Gasteiger partial charge in [-0.05, 0) is 12.1 Å². The molecule has 0 unspecified atom stereocenters. The number of aromatic nitrogens is 2. The van der Waals surface area contributed by atoms with Gasteiger partial charge in [0.05, 0.1) is 0 Å². The van der Waals surface area contributed by atoms with E-state index in [0.29, 0.717) is 5.15 Å². The number of hydrogen-bond donors (Lipinski definition) is 0. The number of nitrogens with zero attached hydrogens (tertiary/aromatic N) is 2. The maximum atomic E-state index is 5.75. The normalized spacial score (nSPS) is 11.4. The predicted octanol–water partition coefficient (Wildman–Crippen LogP) is 4.13. The molecule has 0 aliphatic carbocycles. The van der Waals surface area contributed by atoms with Crippen molar-refractivity contribution < 1.29 is 0 Å². The van der Waals surface area contributed by atoms with Crippen LogP contribution >= 0.6 is 54.8 Å². The molecule has 68 valence electrons. The Labute approximate surface area is 101 Å². The van der Waals surface area contributed by atoms with Crippen molar-refractivity contribution in [2.75, 3.05) is 0 Å². The van der Waals surface area contributed by atoms with E-state index in [9.17, 15) is 0 Å². The second-order valence-electron chi connectivity index (χ2n) is 2.31. The number of fused-ring (bicyclic) bond motifs is 1. The fourth-order valence-electron chi connectivity index (χ4n) is 0.905. The predicted molar refractivity (Wildman–Crippen MR) is 63.0 cm³/mol. The molecule has 13 heavy (non-hydrogen) atoms. The van der Waals surface area contributed by atoms with Crippen molar-refractivity contribution >= 4 is 65.1 Å². The van der Waals surface area contributed by atoms with E-state index in [1.807, 2.05) is 6.07 Å². The minimum Gasteiger partial charge on any atom is -0.237 e. The van der Waals surface area contributed by atoms with Crippen LogP contribution in [-0.2, 0) is 0 Å². The van der Waals surface area contributed by atoms with Gasteiger partial charge in [-0.2, -0.15) is 0 Å². The first-order valence-electron chi connectivity index (χ1n) is 3.38. The summed E-state index contributed by atoms with van der Waals surface area (Å²) in [5.74, 6) is 0. The van der Waals surface area contributed by atoms with Crippen LogP contribution in [0, 0.1) is 0 Å². The topological polar surface area (TPSA) is 25.8 Å². The third-order valence-corrected chi connectivity index (χ3v) is 4.14. The number of rotatable bonds is 1. The molecule has 0 N–H and O–H groups in total. The first kappa shape index (κ1) is 9.83. The molecule has 0 atom stereocenters. The van der Waals surface area contributed by atoms with Crippen LogP contribution in [0.5, 0.6) is 0 Å². The minimum absolute atomic E-state index is 0.0815. The van der Waals surface area contributed by atoms with Gasteiger partial charge >= 0.3 is 0 Å². The molecule has 0 fully saturated rings. The van der Waals surface area contributed by atoms with Gasteiger partial charge in [0.2, 0.25) is 0 Å². The van der Waals surface area contributed by atoms with E-state index in [1.54, 1.807) is 6.07 Å².